The summed E-state index contributed by atoms with van der Waals surface area (Å²) in [6, 6.07) is 12.7. The van der Waals surface area contributed by atoms with E-state index in [1.165, 1.54) is 11.0 Å². The molecule has 0 bridgehead atoms. The van der Waals surface area contributed by atoms with Gasteiger partial charge in [-0.25, -0.2) is 4.39 Å². The fourth-order valence-corrected chi connectivity index (χ4v) is 4.07. The average Bonchev–Trinajstić information content (AvgIpc) is 2.73. The van der Waals surface area contributed by atoms with Crippen molar-refractivity contribution in [3.63, 3.8) is 0 Å². The highest BCUT2D eigenvalue weighted by atomic mass is 19.1. The van der Waals surface area contributed by atoms with E-state index in [0.717, 1.165) is 34.8 Å². The van der Waals surface area contributed by atoms with Crippen molar-refractivity contribution < 1.29 is 23.8 Å². The molecule has 0 spiro atoms. The molecule has 0 saturated carbocycles. The predicted molar refractivity (Wildman–Crippen MR) is 119 cm³/mol. The smallest absolute Gasteiger partial charge is 0.279 e. The van der Waals surface area contributed by atoms with Gasteiger partial charge in [-0.1, -0.05) is 36.4 Å². The number of anilines is 1. The Morgan fingerprint density at radius 3 is 2.35 bits per heavy atom. The van der Waals surface area contributed by atoms with Crippen molar-refractivity contribution in [2.45, 2.75) is 20.4 Å². The van der Waals surface area contributed by atoms with Crippen LogP contribution in [0.3, 0.4) is 0 Å². The van der Waals surface area contributed by atoms with E-state index < -0.39 is 0 Å². The van der Waals surface area contributed by atoms with Gasteiger partial charge < -0.3 is 20.0 Å². The number of hydrogen-bond acceptors (Lipinski definition) is 2. The number of nitrogens with zero attached hydrogens (tertiary/aromatic N) is 1. The molecule has 1 unspecified atom stereocenters. The quantitative estimate of drug-likeness (QED) is 0.573. The van der Waals surface area contributed by atoms with Gasteiger partial charge in [-0.05, 0) is 31.0 Å². The molecule has 1 aliphatic heterocycles. The summed E-state index contributed by atoms with van der Waals surface area (Å²) in [5.74, 6) is -0.153. The summed E-state index contributed by atoms with van der Waals surface area (Å²) in [5, 5.41) is 3.04. The van der Waals surface area contributed by atoms with Gasteiger partial charge in [-0.2, -0.15) is 0 Å². The molecular formula is C24H33FN4O2+2. The van der Waals surface area contributed by atoms with Gasteiger partial charge >= 0.3 is 0 Å². The third kappa shape index (κ3) is 6.35. The van der Waals surface area contributed by atoms with Crippen molar-refractivity contribution in [3.05, 3.63) is 65.0 Å². The monoisotopic (exact) mass is 428 g/mol. The third-order valence-corrected chi connectivity index (χ3v) is 5.88. The van der Waals surface area contributed by atoms with Crippen molar-refractivity contribution in [1.82, 2.24) is 4.90 Å². The first-order valence-corrected chi connectivity index (χ1v) is 10.9. The van der Waals surface area contributed by atoms with E-state index in [-0.39, 0.29) is 17.6 Å². The van der Waals surface area contributed by atoms with Crippen LogP contribution < -0.4 is 15.1 Å². The number of hydrogen-bond donors (Lipinski definition) is 3. The first-order valence-electron chi connectivity index (χ1n) is 10.9. The topological polar surface area (TPSA) is 58.3 Å². The van der Waals surface area contributed by atoms with Crippen LogP contribution in [0.15, 0.2) is 42.5 Å². The molecular weight excluding hydrogens is 395 g/mol. The van der Waals surface area contributed by atoms with Crippen molar-refractivity contribution in [2.24, 2.45) is 0 Å². The third-order valence-electron chi connectivity index (χ3n) is 5.88. The van der Waals surface area contributed by atoms with Gasteiger partial charge in [0.05, 0.1) is 33.2 Å². The number of nitrogens with one attached hydrogen (secondary N) is 3. The molecule has 31 heavy (non-hydrogen) atoms. The molecule has 1 atom stereocenters. The van der Waals surface area contributed by atoms with Crippen LogP contribution in [0.4, 0.5) is 10.1 Å². The standard InChI is InChI=1S/C24H31FN4O2/c1-18-7-6-8-19(2)24(18)26-22(30)16-28-11-13-29(14-12-28)23(31)17-27(3)15-20-9-4-5-10-21(20)25/h4-10H,11-17H2,1-3H3,(H,26,30)/p+2. The Morgan fingerprint density at radius 2 is 1.71 bits per heavy atom. The van der Waals surface area contributed by atoms with Crippen LogP contribution >= 0.6 is 0 Å². The van der Waals surface area contributed by atoms with Crippen molar-refractivity contribution in [3.8, 4) is 0 Å². The van der Waals surface area contributed by atoms with E-state index in [2.05, 4.69) is 5.32 Å². The highest BCUT2D eigenvalue weighted by Gasteiger charge is 2.27. The second-order valence-corrected chi connectivity index (χ2v) is 8.52. The maximum atomic E-state index is 13.8. The van der Waals surface area contributed by atoms with Gasteiger partial charge in [0, 0.05) is 11.3 Å². The van der Waals surface area contributed by atoms with Gasteiger partial charge in [0.1, 0.15) is 12.4 Å². The summed E-state index contributed by atoms with van der Waals surface area (Å²) in [7, 11) is 1.91. The summed E-state index contributed by atoms with van der Waals surface area (Å²) in [6.07, 6.45) is 0. The molecule has 0 aromatic heterocycles. The maximum Gasteiger partial charge on any atom is 0.279 e. The molecule has 2 aromatic carbocycles. The summed E-state index contributed by atoms with van der Waals surface area (Å²) < 4.78 is 13.8. The highest BCUT2D eigenvalue weighted by molar-refractivity contribution is 5.93. The maximum absolute atomic E-state index is 13.8. The van der Waals surface area contributed by atoms with Crippen molar-refractivity contribution in [2.75, 3.05) is 51.6 Å². The fraction of sp³-hybridized carbons (Fsp3) is 0.417. The van der Waals surface area contributed by atoms with Crippen LogP contribution in [0.1, 0.15) is 16.7 Å². The lowest BCUT2D eigenvalue weighted by Gasteiger charge is -2.32. The van der Waals surface area contributed by atoms with E-state index in [1.807, 2.05) is 50.1 Å². The van der Waals surface area contributed by atoms with Crippen molar-refractivity contribution >= 4 is 17.5 Å². The molecule has 3 rings (SSSR count). The van der Waals surface area contributed by atoms with E-state index >= 15 is 0 Å². The minimum Gasteiger partial charge on any atom is -0.327 e. The molecule has 6 nitrogen and oxygen atoms in total. The molecule has 0 radical (unpaired) electrons. The Balaban J connectivity index is 1.43. The van der Waals surface area contributed by atoms with Crippen LogP contribution in [0.5, 0.6) is 0 Å². The van der Waals surface area contributed by atoms with E-state index in [9.17, 15) is 14.0 Å². The van der Waals surface area contributed by atoms with Gasteiger partial charge in [-0.3, -0.25) is 9.59 Å². The lowest BCUT2D eigenvalue weighted by atomic mass is 10.1. The molecule has 1 saturated heterocycles. The zero-order chi connectivity index (χ0) is 22.4. The van der Waals surface area contributed by atoms with Crippen LogP contribution in [-0.2, 0) is 16.1 Å². The molecule has 1 fully saturated rings. The number of likely N-dealkylation sites (N-methyl/N-ethyl adjacent to an activating group) is 1. The normalized spacial score (nSPS) is 15.5. The van der Waals surface area contributed by atoms with Gasteiger partial charge in [-0.15, -0.1) is 0 Å². The Morgan fingerprint density at radius 1 is 1.06 bits per heavy atom. The Bertz CT molecular complexity index is 905. The average molecular weight is 429 g/mol. The number of carbonyl (C=O) groups excluding carboxylic acids is 2. The van der Waals surface area contributed by atoms with E-state index in [4.69, 9.17) is 0 Å². The Kier molecular flexibility index (Phi) is 7.76. The number of rotatable bonds is 7. The van der Waals surface area contributed by atoms with Crippen LogP contribution in [0.2, 0.25) is 0 Å². The molecule has 2 amide bonds. The van der Waals surface area contributed by atoms with Gasteiger partial charge in [0.25, 0.3) is 11.8 Å². The first kappa shape index (κ1) is 22.9. The van der Waals surface area contributed by atoms with Crippen LogP contribution in [0, 0.1) is 19.7 Å². The SMILES string of the molecule is Cc1cccc(C)c1NC(=O)C[NH+]1CCN(C(=O)C[NH+](C)Cc2ccccc2F)CC1. The molecule has 1 heterocycles. The molecule has 3 N–H and O–H groups in total. The number of halogens is 1. The van der Waals surface area contributed by atoms with E-state index in [0.29, 0.717) is 38.3 Å². The first-order chi connectivity index (χ1) is 14.8. The summed E-state index contributed by atoms with van der Waals surface area (Å²) >= 11 is 0. The number of piperazine rings is 1. The number of quaternary nitrogens is 2. The van der Waals surface area contributed by atoms with Gasteiger partial charge in [0.2, 0.25) is 0 Å². The van der Waals surface area contributed by atoms with E-state index in [1.54, 1.807) is 12.1 Å². The Labute approximate surface area is 183 Å². The number of aryl methyl sites for hydroxylation is 2. The lowest BCUT2D eigenvalue weighted by Crippen LogP contribution is -3.16. The molecule has 166 valence electrons. The predicted octanol–water partition coefficient (Wildman–Crippen LogP) is -0.177. The van der Waals surface area contributed by atoms with Crippen LogP contribution in [-0.4, -0.2) is 63.0 Å². The zero-order valence-electron chi connectivity index (χ0n) is 18.6. The largest absolute Gasteiger partial charge is 0.327 e. The zero-order valence-corrected chi connectivity index (χ0v) is 18.6. The summed E-state index contributed by atoms with van der Waals surface area (Å²) in [4.78, 5) is 29.1. The van der Waals surface area contributed by atoms with Crippen molar-refractivity contribution in [1.29, 1.82) is 0 Å². The minimum absolute atomic E-state index is 0.00115. The number of para-hydroxylation sites is 1. The highest BCUT2D eigenvalue weighted by Crippen LogP contribution is 2.18. The summed E-state index contributed by atoms with van der Waals surface area (Å²) in [5.41, 5.74) is 3.63. The lowest BCUT2D eigenvalue weighted by molar-refractivity contribution is -0.896. The second kappa shape index (κ2) is 10.5. The second-order valence-electron chi connectivity index (χ2n) is 8.52. The van der Waals surface area contributed by atoms with Crippen LogP contribution in [0.25, 0.3) is 0 Å². The minimum atomic E-state index is -0.231. The number of benzene rings is 2. The number of amides is 2. The molecule has 0 aliphatic carbocycles. The number of carbonyl (C=O) groups is 2. The molecule has 1 aliphatic rings. The summed E-state index contributed by atoms with van der Waals surface area (Å²) in [6.45, 7) is 7.95. The fourth-order valence-electron chi connectivity index (χ4n) is 4.07. The molecule has 2 aromatic rings. The Hall–Kier alpha value is -2.77. The molecule has 7 heteroatoms. The van der Waals surface area contributed by atoms with Gasteiger partial charge in [0.15, 0.2) is 13.1 Å².